The average molecular weight is 280 g/mol. The van der Waals surface area contributed by atoms with E-state index in [0.29, 0.717) is 16.3 Å². The zero-order chi connectivity index (χ0) is 13.6. The molecular weight excluding hydrogens is 266 g/mol. The Morgan fingerprint density at radius 2 is 2.21 bits per heavy atom. The zero-order valence-electron chi connectivity index (χ0n) is 10.5. The molecule has 0 bridgehead atoms. The summed E-state index contributed by atoms with van der Waals surface area (Å²) in [6, 6.07) is 4.89. The molecule has 1 unspecified atom stereocenters. The van der Waals surface area contributed by atoms with Gasteiger partial charge in [-0.2, -0.15) is 4.99 Å². The van der Waals surface area contributed by atoms with Crippen molar-refractivity contribution in [1.82, 2.24) is 4.90 Å². The van der Waals surface area contributed by atoms with Gasteiger partial charge in [0.15, 0.2) is 0 Å². The summed E-state index contributed by atoms with van der Waals surface area (Å²) < 4.78 is 5.34. The summed E-state index contributed by atoms with van der Waals surface area (Å²) in [4.78, 5) is 17.5. The fourth-order valence-corrected chi connectivity index (χ4v) is 2.72. The van der Waals surface area contributed by atoms with Crippen molar-refractivity contribution in [3.05, 3.63) is 28.8 Å². The van der Waals surface area contributed by atoms with Gasteiger partial charge in [0.2, 0.25) is 0 Å². The molecule has 0 spiro atoms. The predicted octanol–water partition coefficient (Wildman–Crippen LogP) is 2.34. The summed E-state index contributed by atoms with van der Waals surface area (Å²) in [7, 11) is 1.57. The van der Waals surface area contributed by atoms with Crippen LogP contribution in [0.4, 0.5) is 4.79 Å². The van der Waals surface area contributed by atoms with Crippen molar-refractivity contribution in [1.29, 1.82) is 0 Å². The van der Waals surface area contributed by atoms with Crippen molar-refractivity contribution in [3.8, 4) is 5.75 Å². The van der Waals surface area contributed by atoms with E-state index in [-0.39, 0.29) is 17.9 Å². The molecule has 1 saturated carbocycles. The number of benzene rings is 1. The Bertz CT molecular complexity index is 569. The highest BCUT2D eigenvalue weighted by Crippen LogP contribution is 2.43. The van der Waals surface area contributed by atoms with Crippen LogP contribution in [0.15, 0.2) is 23.2 Å². The monoisotopic (exact) mass is 279 g/mol. The van der Waals surface area contributed by atoms with E-state index in [4.69, 9.17) is 22.1 Å². The first kappa shape index (κ1) is 12.3. The van der Waals surface area contributed by atoms with E-state index in [2.05, 4.69) is 4.99 Å². The van der Waals surface area contributed by atoms with Crippen LogP contribution in [0.5, 0.6) is 5.75 Å². The number of amides is 2. The summed E-state index contributed by atoms with van der Waals surface area (Å²) >= 11 is 6.26. The lowest BCUT2D eigenvalue weighted by molar-refractivity contribution is 0.202. The van der Waals surface area contributed by atoms with Gasteiger partial charge in [-0.25, -0.2) is 4.79 Å². The second kappa shape index (κ2) is 4.42. The molecular formula is C13H14ClN3O2. The van der Waals surface area contributed by atoms with Crippen LogP contribution in [0, 0.1) is 0 Å². The van der Waals surface area contributed by atoms with E-state index < -0.39 is 6.04 Å². The molecule has 1 aliphatic heterocycles. The minimum Gasteiger partial charge on any atom is -0.496 e. The van der Waals surface area contributed by atoms with Gasteiger partial charge in [0.05, 0.1) is 12.1 Å². The molecule has 1 aromatic carbocycles. The summed E-state index contributed by atoms with van der Waals surface area (Å²) in [5, 5.41) is 0.530. The highest BCUT2D eigenvalue weighted by Gasteiger charge is 2.45. The molecule has 0 saturated heterocycles. The lowest BCUT2D eigenvalue weighted by atomic mass is 10.0. The smallest absolute Gasteiger partial charge is 0.346 e. The molecule has 6 heteroatoms. The van der Waals surface area contributed by atoms with Crippen LogP contribution >= 0.6 is 11.6 Å². The number of amidine groups is 1. The first-order valence-corrected chi connectivity index (χ1v) is 6.50. The van der Waals surface area contributed by atoms with Crippen LogP contribution in [0.3, 0.4) is 0 Å². The molecule has 3 rings (SSSR count). The molecule has 1 aromatic rings. The highest BCUT2D eigenvalue weighted by atomic mass is 35.5. The summed E-state index contributed by atoms with van der Waals surface area (Å²) in [6.07, 6.45) is 1.97. The van der Waals surface area contributed by atoms with E-state index in [1.807, 2.05) is 6.07 Å². The van der Waals surface area contributed by atoms with E-state index in [1.54, 1.807) is 24.1 Å². The topological polar surface area (TPSA) is 67.9 Å². The second-order valence-electron chi connectivity index (χ2n) is 4.72. The van der Waals surface area contributed by atoms with Gasteiger partial charge >= 0.3 is 6.03 Å². The van der Waals surface area contributed by atoms with Crippen molar-refractivity contribution in [3.63, 3.8) is 0 Å². The Kier molecular flexibility index (Phi) is 2.86. The maximum absolute atomic E-state index is 11.9. The first-order chi connectivity index (χ1) is 9.13. The quantitative estimate of drug-likeness (QED) is 0.923. The number of carbonyl (C=O) groups excluding carboxylic acids is 1. The van der Waals surface area contributed by atoms with Crippen LogP contribution in [-0.4, -0.2) is 29.9 Å². The normalized spacial score (nSPS) is 22.6. The highest BCUT2D eigenvalue weighted by molar-refractivity contribution is 6.32. The summed E-state index contributed by atoms with van der Waals surface area (Å²) in [5.74, 6) is 0.902. The standard InChI is InChI=1S/C13H14ClN3O2/c1-19-9-4-2-3-8(14)10(9)11-12(15)16-13(18)17(11)7-5-6-7/h2-4,7,11H,5-6H2,1H3,(H2,15,16,18). The van der Waals surface area contributed by atoms with E-state index in [1.165, 1.54) is 0 Å². The van der Waals surface area contributed by atoms with Gasteiger partial charge in [-0.1, -0.05) is 17.7 Å². The Morgan fingerprint density at radius 1 is 1.47 bits per heavy atom. The minimum atomic E-state index is -0.413. The maximum Gasteiger partial charge on any atom is 0.346 e. The lowest BCUT2D eigenvalue weighted by Gasteiger charge is -2.26. The third-order valence-electron chi connectivity index (χ3n) is 3.45. The second-order valence-corrected chi connectivity index (χ2v) is 5.12. The summed E-state index contributed by atoms with van der Waals surface area (Å²) in [5.41, 5.74) is 6.64. The molecule has 1 aliphatic carbocycles. The Labute approximate surface area is 116 Å². The van der Waals surface area contributed by atoms with E-state index in [9.17, 15) is 4.79 Å². The average Bonchev–Trinajstić information content (AvgIpc) is 3.16. The SMILES string of the molecule is COc1cccc(Cl)c1C1C(N)=NC(=O)N1C1CC1. The predicted molar refractivity (Wildman–Crippen MR) is 72.6 cm³/mol. The molecule has 1 atom stereocenters. The number of ether oxygens (including phenoxy) is 1. The maximum atomic E-state index is 11.9. The largest absolute Gasteiger partial charge is 0.496 e. The number of urea groups is 1. The van der Waals surface area contributed by atoms with Crippen LogP contribution in [-0.2, 0) is 0 Å². The Hall–Kier alpha value is -1.75. The number of aliphatic imine (C=N–C) groups is 1. The Morgan fingerprint density at radius 3 is 2.84 bits per heavy atom. The number of nitrogens with two attached hydrogens (primary N) is 1. The molecule has 5 nitrogen and oxygen atoms in total. The van der Waals surface area contributed by atoms with Gasteiger partial charge in [-0.05, 0) is 25.0 Å². The van der Waals surface area contributed by atoms with Crippen LogP contribution in [0.2, 0.25) is 5.02 Å². The number of nitrogens with zero attached hydrogens (tertiary/aromatic N) is 2. The minimum absolute atomic E-state index is 0.211. The first-order valence-electron chi connectivity index (χ1n) is 6.12. The lowest BCUT2D eigenvalue weighted by Crippen LogP contribution is -2.35. The van der Waals surface area contributed by atoms with Crippen LogP contribution < -0.4 is 10.5 Å². The molecule has 19 heavy (non-hydrogen) atoms. The fourth-order valence-electron chi connectivity index (χ4n) is 2.45. The van der Waals surface area contributed by atoms with E-state index >= 15 is 0 Å². The fraction of sp³-hybridized carbons (Fsp3) is 0.385. The van der Waals surface area contributed by atoms with Crippen molar-refractivity contribution < 1.29 is 9.53 Å². The van der Waals surface area contributed by atoms with Gasteiger partial charge in [0.25, 0.3) is 0 Å². The van der Waals surface area contributed by atoms with Gasteiger partial charge in [-0.3, -0.25) is 0 Å². The summed E-state index contributed by atoms with van der Waals surface area (Å²) in [6.45, 7) is 0. The van der Waals surface area contributed by atoms with Crippen molar-refractivity contribution in [2.75, 3.05) is 7.11 Å². The van der Waals surface area contributed by atoms with Gasteiger partial charge in [-0.15, -0.1) is 0 Å². The van der Waals surface area contributed by atoms with Gasteiger partial charge in [0, 0.05) is 11.6 Å². The third-order valence-corrected chi connectivity index (χ3v) is 3.78. The molecule has 0 radical (unpaired) electrons. The van der Waals surface area contributed by atoms with Crippen molar-refractivity contribution in [2.24, 2.45) is 10.7 Å². The molecule has 1 heterocycles. The van der Waals surface area contributed by atoms with Crippen molar-refractivity contribution in [2.45, 2.75) is 24.9 Å². The molecule has 2 amide bonds. The molecule has 2 aliphatic rings. The third kappa shape index (κ3) is 1.94. The number of methoxy groups -OCH3 is 1. The Balaban J connectivity index is 2.09. The zero-order valence-corrected chi connectivity index (χ0v) is 11.2. The van der Waals surface area contributed by atoms with Crippen LogP contribution in [0.25, 0.3) is 0 Å². The number of rotatable bonds is 3. The molecule has 2 N–H and O–H groups in total. The number of carbonyl (C=O) groups is 1. The molecule has 0 aromatic heterocycles. The van der Waals surface area contributed by atoms with Crippen LogP contribution in [0.1, 0.15) is 24.4 Å². The molecule has 100 valence electrons. The van der Waals surface area contributed by atoms with E-state index in [0.717, 1.165) is 12.8 Å². The number of hydrogen-bond acceptors (Lipinski definition) is 3. The number of halogens is 1. The molecule has 1 fully saturated rings. The van der Waals surface area contributed by atoms with Gasteiger partial charge < -0.3 is 15.4 Å². The van der Waals surface area contributed by atoms with Crippen molar-refractivity contribution >= 4 is 23.5 Å². The number of hydrogen-bond donors (Lipinski definition) is 1. The van der Waals surface area contributed by atoms with Gasteiger partial charge in [0.1, 0.15) is 17.6 Å².